The van der Waals surface area contributed by atoms with Crippen molar-refractivity contribution in [3.8, 4) is 0 Å². The van der Waals surface area contributed by atoms with Crippen LogP contribution < -0.4 is 11.2 Å². The molecule has 3 N–H and O–H groups in total. The molecule has 2 aromatic heterocycles. The van der Waals surface area contributed by atoms with Crippen molar-refractivity contribution < 1.29 is 22.4 Å². The Kier molecular flexibility index (Phi) is 5.34. The Hall–Kier alpha value is -2.45. The quantitative estimate of drug-likeness (QED) is 0.685. The van der Waals surface area contributed by atoms with Gasteiger partial charge in [-0.15, -0.1) is 0 Å². The van der Waals surface area contributed by atoms with Crippen LogP contribution in [0.3, 0.4) is 0 Å². The maximum Gasteiger partial charge on any atom is 0.268 e. The van der Waals surface area contributed by atoms with E-state index in [2.05, 4.69) is 9.97 Å². The number of alkyl halides is 4. The van der Waals surface area contributed by atoms with Gasteiger partial charge in [-0.3, -0.25) is 14.6 Å². The minimum Gasteiger partial charge on any atom is -0.364 e. The zero-order chi connectivity index (χ0) is 22.6. The third-order valence-corrected chi connectivity index (χ3v) is 6.96. The lowest BCUT2D eigenvalue weighted by Crippen LogP contribution is -2.42. The molecule has 2 heterocycles. The number of pyridine rings is 2. The molecule has 4 rings (SSSR count). The lowest BCUT2D eigenvalue weighted by molar-refractivity contribution is -0.103. The Morgan fingerprint density at radius 1 is 1.16 bits per heavy atom. The Balaban J connectivity index is 1.78. The summed E-state index contributed by atoms with van der Waals surface area (Å²) in [6, 6.07) is 2.73. The van der Waals surface area contributed by atoms with Crippen LogP contribution in [0.5, 0.6) is 0 Å². The number of primary amides is 1. The molecule has 2 aliphatic carbocycles. The van der Waals surface area contributed by atoms with E-state index >= 15 is 0 Å². The molecule has 5 nitrogen and oxygen atoms in total. The second-order valence-electron chi connectivity index (χ2n) is 9.15. The Bertz CT molecular complexity index is 1060. The maximum absolute atomic E-state index is 14.6. The first-order valence-electron chi connectivity index (χ1n) is 10.5. The van der Waals surface area contributed by atoms with Gasteiger partial charge in [0.15, 0.2) is 5.43 Å². The van der Waals surface area contributed by atoms with Gasteiger partial charge < -0.3 is 10.7 Å². The number of hydrogen-bond acceptors (Lipinski definition) is 3. The number of aromatic amines is 1. The normalized spacial score (nSPS) is 28.5. The highest BCUT2D eigenvalue weighted by atomic mass is 19.3. The van der Waals surface area contributed by atoms with Crippen LogP contribution in [0.25, 0.3) is 10.9 Å². The number of nitrogens with zero attached hydrogens (tertiary/aromatic N) is 1. The summed E-state index contributed by atoms with van der Waals surface area (Å²) in [7, 11) is 0. The molecule has 2 aromatic rings. The van der Waals surface area contributed by atoms with E-state index in [0.717, 1.165) is 0 Å². The molecule has 0 radical (unpaired) electrons. The van der Waals surface area contributed by atoms with Gasteiger partial charge in [0.05, 0.1) is 10.9 Å². The zero-order valence-corrected chi connectivity index (χ0v) is 17.1. The summed E-state index contributed by atoms with van der Waals surface area (Å²) in [6.45, 7) is 1.74. The number of fused-ring (bicyclic) bond motifs is 1. The van der Waals surface area contributed by atoms with E-state index in [1.165, 1.54) is 18.3 Å². The second-order valence-corrected chi connectivity index (χ2v) is 9.15. The lowest BCUT2D eigenvalue weighted by Gasteiger charge is -2.46. The first-order chi connectivity index (χ1) is 14.5. The summed E-state index contributed by atoms with van der Waals surface area (Å²) >= 11 is 0. The van der Waals surface area contributed by atoms with Crippen LogP contribution in [0.2, 0.25) is 0 Å². The van der Waals surface area contributed by atoms with E-state index < -0.39 is 35.5 Å². The fourth-order valence-corrected chi connectivity index (χ4v) is 5.71. The summed E-state index contributed by atoms with van der Waals surface area (Å²) in [4.78, 5) is 31.4. The zero-order valence-electron chi connectivity index (χ0n) is 17.1. The van der Waals surface area contributed by atoms with Gasteiger partial charge in [0.1, 0.15) is 5.69 Å². The van der Waals surface area contributed by atoms with Crippen LogP contribution in [-0.4, -0.2) is 27.7 Å². The fourth-order valence-electron chi connectivity index (χ4n) is 5.71. The van der Waals surface area contributed by atoms with Gasteiger partial charge in [-0.1, -0.05) is 6.92 Å². The van der Waals surface area contributed by atoms with Crippen molar-refractivity contribution in [3.63, 3.8) is 0 Å². The number of hydrogen-bond donors (Lipinski definition) is 2. The number of carbonyl (C=O) groups is 1. The molecule has 1 amide bonds. The maximum atomic E-state index is 14.6. The predicted molar refractivity (Wildman–Crippen MR) is 107 cm³/mol. The molecule has 0 aromatic carbocycles. The highest BCUT2D eigenvalue weighted by Crippen LogP contribution is 2.54. The van der Waals surface area contributed by atoms with E-state index in [4.69, 9.17) is 5.73 Å². The van der Waals surface area contributed by atoms with E-state index in [1.54, 1.807) is 6.92 Å². The highest BCUT2D eigenvalue weighted by Gasteiger charge is 2.50. The number of rotatable bonds is 3. The van der Waals surface area contributed by atoms with Crippen molar-refractivity contribution in [1.29, 1.82) is 0 Å². The summed E-state index contributed by atoms with van der Waals surface area (Å²) in [5.41, 5.74) is 5.24. The van der Waals surface area contributed by atoms with Crippen molar-refractivity contribution in [1.82, 2.24) is 9.97 Å². The number of halogens is 4. The average molecular weight is 439 g/mol. The average Bonchev–Trinajstić information content (AvgIpc) is 2.67. The van der Waals surface area contributed by atoms with Crippen molar-refractivity contribution >= 4 is 16.8 Å². The predicted octanol–water partition coefficient (Wildman–Crippen LogP) is 4.61. The molecule has 0 saturated heterocycles. The van der Waals surface area contributed by atoms with Gasteiger partial charge in [0, 0.05) is 49.6 Å². The molecular weight excluding hydrogens is 414 g/mol. The molecular formula is C22H25F4N3O2. The summed E-state index contributed by atoms with van der Waals surface area (Å²) in [5, 5.41) is 0.0169. The van der Waals surface area contributed by atoms with Crippen molar-refractivity contribution in [2.24, 2.45) is 23.5 Å². The van der Waals surface area contributed by atoms with Crippen molar-refractivity contribution in [2.75, 3.05) is 0 Å². The van der Waals surface area contributed by atoms with Crippen molar-refractivity contribution in [2.45, 2.75) is 63.2 Å². The number of nitrogens with one attached hydrogen (secondary N) is 1. The standard InChI is InChI=1S/C22H25F4N3O2/c1-11-9-22(25,26)10-13(17(11)12-2-5-21(23,24)6-3-12)15-8-16(30)18-14(29-15)4-7-28-19(18)20(27)31/h4,7-8,11-13,17H,2-3,5-6,9-10H2,1H3,(H2,27,31)(H,29,30)/t11?,13?,17-/m1/s1. The van der Waals surface area contributed by atoms with Gasteiger partial charge in [-0.2, -0.15) is 0 Å². The third-order valence-electron chi connectivity index (χ3n) is 6.96. The molecule has 2 fully saturated rings. The monoisotopic (exact) mass is 439 g/mol. The van der Waals surface area contributed by atoms with Gasteiger partial charge in [-0.25, -0.2) is 17.6 Å². The molecule has 3 atom stereocenters. The minimum atomic E-state index is -2.92. The second kappa shape index (κ2) is 7.60. The number of carbonyl (C=O) groups excluding carboxylic acids is 1. The van der Waals surface area contributed by atoms with Crippen LogP contribution in [0.15, 0.2) is 23.1 Å². The van der Waals surface area contributed by atoms with E-state index in [-0.39, 0.29) is 60.9 Å². The third kappa shape index (κ3) is 4.19. The molecule has 2 aliphatic rings. The fraction of sp³-hybridized carbons (Fsp3) is 0.591. The van der Waals surface area contributed by atoms with Gasteiger partial charge >= 0.3 is 0 Å². The summed E-state index contributed by atoms with van der Waals surface area (Å²) in [6.07, 6.45) is 0.632. The molecule has 168 valence electrons. The van der Waals surface area contributed by atoms with E-state index in [9.17, 15) is 27.2 Å². The molecule has 9 heteroatoms. The number of aromatic nitrogens is 2. The van der Waals surface area contributed by atoms with Crippen molar-refractivity contribution in [3.05, 3.63) is 39.9 Å². The van der Waals surface area contributed by atoms with E-state index in [0.29, 0.717) is 11.2 Å². The van der Waals surface area contributed by atoms with Gasteiger partial charge in [-0.05, 0) is 36.7 Å². The number of H-pyrrole nitrogens is 1. The largest absolute Gasteiger partial charge is 0.364 e. The Labute approximate surface area is 176 Å². The molecule has 31 heavy (non-hydrogen) atoms. The molecule has 2 unspecified atom stereocenters. The van der Waals surface area contributed by atoms with Crippen LogP contribution in [0.1, 0.15) is 67.5 Å². The van der Waals surface area contributed by atoms with Crippen LogP contribution in [0.4, 0.5) is 17.6 Å². The van der Waals surface area contributed by atoms with E-state index in [1.807, 2.05) is 0 Å². The van der Waals surface area contributed by atoms with Gasteiger partial charge in [0.25, 0.3) is 5.91 Å². The van der Waals surface area contributed by atoms with Crippen LogP contribution in [0, 0.1) is 17.8 Å². The molecule has 0 bridgehead atoms. The van der Waals surface area contributed by atoms with Crippen LogP contribution >= 0.6 is 0 Å². The Morgan fingerprint density at radius 2 is 1.84 bits per heavy atom. The van der Waals surface area contributed by atoms with Crippen LogP contribution in [-0.2, 0) is 0 Å². The first-order valence-corrected chi connectivity index (χ1v) is 10.5. The first kappa shape index (κ1) is 21.8. The summed E-state index contributed by atoms with van der Waals surface area (Å²) in [5.74, 6) is -7.91. The topological polar surface area (TPSA) is 88.8 Å². The molecule has 2 saturated carbocycles. The van der Waals surface area contributed by atoms with Gasteiger partial charge in [0.2, 0.25) is 11.8 Å². The number of amides is 1. The number of nitrogens with two attached hydrogens (primary N) is 1. The smallest absolute Gasteiger partial charge is 0.268 e. The molecule has 0 spiro atoms. The highest BCUT2D eigenvalue weighted by molar-refractivity contribution is 6.03. The molecule has 0 aliphatic heterocycles. The minimum absolute atomic E-state index is 0.0169. The lowest BCUT2D eigenvalue weighted by atomic mass is 9.61. The summed E-state index contributed by atoms with van der Waals surface area (Å²) < 4.78 is 56.5. The SMILES string of the molecule is CC1CC(F)(F)CC(c2cc(=O)c3c(C(N)=O)nccc3[nH]2)[C@H]1C1CCC(F)(F)CC1. The Morgan fingerprint density at radius 3 is 2.48 bits per heavy atom.